The molecule has 0 amide bonds. The van der Waals surface area contributed by atoms with Gasteiger partial charge in [0.1, 0.15) is 0 Å². The van der Waals surface area contributed by atoms with Crippen LogP contribution in [0.2, 0.25) is 0 Å². The van der Waals surface area contributed by atoms with Gasteiger partial charge in [-0.1, -0.05) is 20.8 Å². The van der Waals surface area contributed by atoms with E-state index in [9.17, 15) is 5.11 Å². The molecular formula is C13H17NOS2. The second-order valence-electron chi connectivity index (χ2n) is 5.10. The van der Waals surface area contributed by atoms with E-state index >= 15 is 0 Å². The molecule has 1 N–H and O–H groups in total. The summed E-state index contributed by atoms with van der Waals surface area (Å²) in [6.07, 6.45) is 1.96. The van der Waals surface area contributed by atoms with Gasteiger partial charge in [0.2, 0.25) is 0 Å². The first kappa shape index (κ1) is 12.7. The zero-order valence-corrected chi connectivity index (χ0v) is 11.9. The Kier molecular flexibility index (Phi) is 3.66. The highest BCUT2D eigenvalue weighted by Crippen LogP contribution is 2.33. The van der Waals surface area contributed by atoms with Crippen LogP contribution in [0.15, 0.2) is 23.7 Å². The maximum absolute atomic E-state index is 10.1. The fourth-order valence-electron chi connectivity index (χ4n) is 1.55. The number of aromatic nitrogens is 1. The van der Waals surface area contributed by atoms with Crippen LogP contribution >= 0.6 is 22.7 Å². The van der Waals surface area contributed by atoms with Crippen LogP contribution in [0, 0.1) is 0 Å². The number of aliphatic hydroxyl groups excluding tert-OH is 1. The second kappa shape index (κ2) is 4.88. The SMILES string of the molecule is CC(C)(C)c1ccc(C(O)Cc2nccs2)s1. The lowest BCUT2D eigenvalue weighted by atomic mass is 9.95. The third-order valence-corrected chi connectivity index (χ3v) is 4.96. The molecule has 17 heavy (non-hydrogen) atoms. The summed E-state index contributed by atoms with van der Waals surface area (Å²) in [5.74, 6) is 0. The van der Waals surface area contributed by atoms with Gasteiger partial charge in [0.05, 0.1) is 11.1 Å². The first-order valence-electron chi connectivity index (χ1n) is 5.63. The van der Waals surface area contributed by atoms with Crippen molar-refractivity contribution in [2.24, 2.45) is 0 Å². The van der Waals surface area contributed by atoms with Gasteiger partial charge < -0.3 is 5.11 Å². The number of rotatable bonds is 3. The topological polar surface area (TPSA) is 33.1 Å². The van der Waals surface area contributed by atoms with E-state index < -0.39 is 6.10 Å². The van der Waals surface area contributed by atoms with Crippen molar-refractivity contribution in [1.29, 1.82) is 0 Å². The minimum absolute atomic E-state index is 0.157. The summed E-state index contributed by atoms with van der Waals surface area (Å²) in [4.78, 5) is 6.54. The third-order valence-electron chi connectivity index (χ3n) is 2.55. The van der Waals surface area contributed by atoms with Gasteiger partial charge >= 0.3 is 0 Å². The van der Waals surface area contributed by atoms with Gasteiger partial charge in [0, 0.05) is 27.8 Å². The Morgan fingerprint density at radius 2 is 2.12 bits per heavy atom. The van der Waals surface area contributed by atoms with Crippen molar-refractivity contribution < 1.29 is 5.11 Å². The number of aliphatic hydroxyl groups is 1. The van der Waals surface area contributed by atoms with E-state index in [4.69, 9.17) is 0 Å². The van der Waals surface area contributed by atoms with Gasteiger partial charge in [-0.05, 0) is 17.5 Å². The quantitative estimate of drug-likeness (QED) is 0.918. The van der Waals surface area contributed by atoms with Gasteiger partial charge in [-0.3, -0.25) is 0 Å². The van der Waals surface area contributed by atoms with E-state index in [0.717, 1.165) is 9.88 Å². The van der Waals surface area contributed by atoms with Crippen molar-refractivity contribution in [3.05, 3.63) is 38.5 Å². The molecule has 0 aliphatic heterocycles. The van der Waals surface area contributed by atoms with E-state index in [0.29, 0.717) is 6.42 Å². The van der Waals surface area contributed by atoms with E-state index in [1.807, 2.05) is 11.4 Å². The number of hydrogen-bond donors (Lipinski definition) is 1. The molecule has 0 fully saturated rings. The first-order valence-corrected chi connectivity index (χ1v) is 7.33. The summed E-state index contributed by atoms with van der Waals surface area (Å²) in [7, 11) is 0. The molecular weight excluding hydrogens is 250 g/mol. The summed E-state index contributed by atoms with van der Waals surface area (Å²) in [5.41, 5.74) is 0.157. The molecule has 2 aromatic heterocycles. The molecule has 2 rings (SSSR count). The zero-order valence-electron chi connectivity index (χ0n) is 10.3. The fourth-order valence-corrected chi connectivity index (χ4v) is 3.26. The van der Waals surface area contributed by atoms with E-state index in [1.54, 1.807) is 28.9 Å². The molecule has 0 aliphatic carbocycles. The monoisotopic (exact) mass is 267 g/mol. The maximum atomic E-state index is 10.1. The van der Waals surface area contributed by atoms with Crippen LogP contribution in [0.3, 0.4) is 0 Å². The molecule has 1 atom stereocenters. The molecule has 2 nitrogen and oxygen atoms in total. The summed E-state index contributed by atoms with van der Waals surface area (Å²) in [6.45, 7) is 6.57. The summed E-state index contributed by atoms with van der Waals surface area (Å²) in [5, 5.41) is 13.1. The van der Waals surface area contributed by atoms with E-state index in [2.05, 4.69) is 31.8 Å². The Bertz CT molecular complexity index is 468. The standard InChI is InChI=1S/C13H17NOS2/c1-13(2,3)11-5-4-10(17-11)9(15)8-12-14-6-7-16-12/h4-7,9,15H,8H2,1-3H3. The van der Waals surface area contributed by atoms with Gasteiger partial charge in [-0.25, -0.2) is 4.98 Å². The van der Waals surface area contributed by atoms with E-state index in [-0.39, 0.29) is 5.41 Å². The molecule has 0 aromatic carbocycles. The zero-order chi connectivity index (χ0) is 12.5. The molecule has 2 heterocycles. The maximum Gasteiger partial charge on any atom is 0.0954 e. The molecule has 0 radical (unpaired) electrons. The fraction of sp³-hybridized carbons (Fsp3) is 0.462. The smallest absolute Gasteiger partial charge is 0.0954 e. The lowest BCUT2D eigenvalue weighted by molar-refractivity contribution is 0.182. The number of thiophene rings is 1. The lowest BCUT2D eigenvalue weighted by Crippen LogP contribution is -2.07. The molecule has 0 spiro atoms. The predicted molar refractivity (Wildman–Crippen MR) is 73.8 cm³/mol. The van der Waals surface area contributed by atoms with Gasteiger partial charge in [0.15, 0.2) is 0 Å². The Morgan fingerprint density at radius 1 is 1.35 bits per heavy atom. The highest BCUT2D eigenvalue weighted by atomic mass is 32.1. The molecule has 2 aromatic rings. The van der Waals surface area contributed by atoms with Crippen molar-refractivity contribution in [3.63, 3.8) is 0 Å². The van der Waals surface area contributed by atoms with Crippen LogP contribution in [0.5, 0.6) is 0 Å². The summed E-state index contributed by atoms with van der Waals surface area (Å²) < 4.78 is 0. The molecule has 4 heteroatoms. The Balaban J connectivity index is 2.10. The Labute approximate surface area is 110 Å². The molecule has 0 saturated heterocycles. The third kappa shape index (κ3) is 3.15. The summed E-state index contributed by atoms with van der Waals surface area (Å²) >= 11 is 3.29. The van der Waals surface area contributed by atoms with Crippen molar-refractivity contribution in [2.75, 3.05) is 0 Å². The van der Waals surface area contributed by atoms with Crippen LogP contribution in [-0.2, 0) is 11.8 Å². The summed E-state index contributed by atoms with van der Waals surface area (Å²) in [6, 6.07) is 4.15. The number of nitrogens with zero attached hydrogens (tertiary/aromatic N) is 1. The van der Waals surface area contributed by atoms with Crippen molar-refractivity contribution in [3.8, 4) is 0 Å². The van der Waals surface area contributed by atoms with Crippen LogP contribution in [-0.4, -0.2) is 10.1 Å². The molecule has 92 valence electrons. The highest BCUT2D eigenvalue weighted by Gasteiger charge is 2.19. The lowest BCUT2D eigenvalue weighted by Gasteiger charge is -2.15. The normalized spacial score (nSPS) is 13.9. The predicted octanol–water partition coefficient (Wildman–Crippen LogP) is 3.78. The average Bonchev–Trinajstić information content (AvgIpc) is 2.85. The molecule has 1 unspecified atom stereocenters. The van der Waals surface area contributed by atoms with E-state index in [1.165, 1.54) is 4.88 Å². The molecule has 0 bridgehead atoms. The van der Waals surface area contributed by atoms with Crippen LogP contribution < -0.4 is 0 Å². The van der Waals surface area contributed by atoms with Gasteiger partial charge in [-0.15, -0.1) is 22.7 Å². The first-order chi connectivity index (χ1) is 7.97. The minimum Gasteiger partial charge on any atom is -0.387 e. The Hall–Kier alpha value is -0.710. The van der Waals surface area contributed by atoms with Crippen molar-refractivity contribution in [2.45, 2.75) is 38.7 Å². The van der Waals surface area contributed by atoms with Gasteiger partial charge in [0.25, 0.3) is 0 Å². The van der Waals surface area contributed by atoms with Crippen molar-refractivity contribution >= 4 is 22.7 Å². The van der Waals surface area contributed by atoms with Crippen LogP contribution in [0.25, 0.3) is 0 Å². The highest BCUT2D eigenvalue weighted by molar-refractivity contribution is 7.12. The Morgan fingerprint density at radius 3 is 2.65 bits per heavy atom. The minimum atomic E-state index is -0.428. The average molecular weight is 267 g/mol. The molecule has 0 aliphatic rings. The van der Waals surface area contributed by atoms with Crippen LogP contribution in [0.4, 0.5) is 0 Å². The van der Waals surface area contributed by atoms with Crippen LogP contribution in [0.1, 0.15) is 41.6 Å². The second-order valence-corrected chi connectivity index (χ2v) is 7.19. The molecule has 0 saturated carbocycles. The van der Waals surface area contributed by atoms with Crippen molar-refractivity contribution in [1.82, 2.24) is 4.98 Å². The van der Waals surface area contributed by atoms with Gasteiger partial charge in [-0.2, -0.15) is 0 Å². The number of thiazole rings is 1. The largest absolute Gasteiger partial charge is 0.387 e. The number of hydrogen-bond acceptors (Lipinski definition) is 4.